The molecule has 3 aromatic carbocycles. The van der Waals surface area contributed by atoms with Crippen molar-refractivity contribution in [1.29, 1.82) is 0 Å². The molecule has 17 nitrogen and oxygen atoms in total. The summed E-state index contributed by atoms with van der Waals surface area (Å²) in [6.07, 6.45) is 8.29. The molecule has 9 rings (SSSR count). The number of fused-ring (bicyclic) bond motifs is 2. The van der Waals surface area contributed by atoms with E-state index < -0.39 is 47.0 Å². The number of nitrogens with zero attached hydrogens (tertiary/aromatic N) is 5. The van der Waals surface area contributed by atoms with Gasteiger partial charge in [0.05, 0.1) is 34.3 Å². The number of anilines is 1. The van der Waals surface area contributed by atoms with Crippen molar-refractivity contribution in [2.45, 2.75) is 167 Å². The summed E-state index contributed by atoms with van der Waals surface area (Å²) in [6, 6.07) is 23.3. The Kier molecular flexibility index (Phi) is 18.7. The number of aromatic nitrogens is 2. The summed E-state index contributed by atoms with van der Waals surface area (Å²) in [5.41, 5.74) is 6.85. The van der Waals surface area contributed by atoms with Crippen LogP contribution in [0.15, 0.2) is 84.4 Å². The van der Waals surface area contributed by atoms with Gasteiger partial charge in [-0.25, -0.2) is 9.37 Å². The van der Waals surface area contributed by atoms with E-state index in [0.29, 0.717) is 48.8 Å². The molecule has 5 aromatic rings. The smallest absolute Gasteiger partial charge is 0.268 e. The number of carbonyl (C=O) groups excluding carboxylic acids is 6. The Morgan fingerprint density at radius 1 is 0.854 bits per heavy atom. The van der Waals surface area contributed by atoms with Crippen LogP contribution in [0.4, 0.5) is 10.1 Å². The van der Waals surface area contributed by atoms with E-state index in [2.05, 4.69) is 41.8 Å². The first-order valence-corrected chi connectivity index (χ1v) is 30.0. The molecule has 2 aliphatic heterocycles. The molecule has 19 heteroatoms. The lowest BCUT2D eigenvalue weighted by atomic mass is 9.71. The molecule has 5 N–H and O–H groups in total. The van der Waals surface area contributed by atoms with E-state index in [1.807, 2.05) is 79.7 Å². The maximum absolute atomic E-state index is 14.7. The predicted molar refractivity (Wildman–Crippen MR) is 314 cm³/mol. The maximum Gasteiger partial charge on any atom is 0.268 e. The Labute approximate surface area is 484 Å². The van der Waals surface area contributed by atoms with Crippen LogP contribution in [0.1, 0.15) is 153 Å². The van der Waals surface area contributed by atoms with Gasteiger partial charge < -0.3 is 45.5 Å². The predicted octanol–water partition coefficient (Wildman–Crippen LogP) is 8.81. The zero-order valence-corrected chi connectivity index (χ0v) is 49.1. The number of amides is 6. The van der Waals surface area contributed by atoms with E-state index in [1.165, 1.54) is 21.9 Å². The van der Waals surface area contributed by atoms with Crippen LogP contribution in [0.3, 0.4) is 0 Å². The maximum atomic E-state index is 14.7. The summed E-state index contributed by atoms with van der Waals surface area (Å²) in [7, 11) is 3.52. The second kappa shape index (κ2) is 25.7. The third-order valence-electron chi connectivity index (χ3n) is 16.7. The van der Waals surface area contributed by atoms with Crippen LogP contribution in [0.25, 0.3) is 10.4 Å². The van der Waals surface area contributed by atoms with E-state index in [1.54, 1.807) is 45.3 Å². The van der Waals surface area contributed by atoms with E-state index in [4.69, 9.17) is 4.74 Å². The van der Waals surface area contributed by atoms with Crippen LogP contribution in [-0.4, -0.2) is 122 Å². The van der Waals surface area contributed by atoms with Crippen LogP contribution in [0, 0.1) is 12.3 Å². The Bertz CT molecular complexity index is 3110. The van der Waals surface area contributed by atoms with Gasteiger partial charge in [-0.3, -0.25) is 33.7 Å². The topological polar surface area (TPSA) is 208 Å². The highest BCUT2D eigenvalue weighted by atomic mass is 32.1. The number of carbonyl (C=O) groups is 6. The molecule has 1 spiro atoms. The molecule has 4 aliphatic rings. The molecule has 1 saturated heterocycles. The second-order valence-corrected chi connectivity index (χ2v) is 24.9. The summed E-state index contributed by atoms with van der Waals surface area (Å²) in [5, 5.41) is 22.4. The highest BCUT2D eigenvalue weighted by molar-refractivity contribution is 7.13. The van der Waals surface area contributed by atoms with Gasteiger partial charge in [-0.15, -0.1) is 11.3 Å². The molecule has 6 amide bonds. The Morgan fingerprint density at radius 2 is 1.56 bits per heavy atom. The third-order valence-corrected chi connectivity index (χ3v) is 17.7. The highest BCUT2D eigenvalue weighted by Crippen LogP contribution is 2.49. The zero-order valence-electron chi connectivity index (χ0n) is 48.3. The number of halogens is 1. The van der Waals surface area contributed by atoms with Crippen molar-refractivity contribution in [1.82, 2.24) is 40.2 Å². The van der Waals surface area contributed by atoms with Crippen LogP contribution in [0.2, 0.25) is 0 Å². The molecule has 0 radical (unpaired) electrons. The number of benzene rings is 3. The fraction of sp³-hybridized carbons (Fsp3) is 0.508. The van der Waals surface area contributed by atoms with Gasteiger partial charge in [0.25, 0.3) is 17.7 Å². The zero-order chi connectivity index (χ0) is 58.3. The van der Waals surface area contributed by atoms with E-state index in [-0.39, 0.29) is 55.6 Å². The number of nitrogens with one attached hydrogen (secondary N) is 4. The van der Waals surface area contributed by atoms with E-state index in [9.17, 15) is 38.3 Å². The Hall–Kier alpha value is -6.96. The average molecular weight is 1140 g/mol. The first-order chi connectivity index (χ1) is 39.2. The average Bonchev–Trinajstić information content (AvgIpc) is 3.72. The van der Waals surface area contributed by atoms with Crippen LogP contribution < -0.4 is 26.0 Å². The number of thiazole rings is 1. The quantitative estimate of drug-likeness (QED) is 0.0371. The lowest BCUT2D eigenvalue weighted by Gasteiger charge is -2.53. The van der Waals surface area contributed by atoms with E-state index in [0.717, 1.165) is 104 Å². The van der Waals surface area contributed by atoms with Crippen LogP contribution in [0.5, 0.6) is 5.75 Å². The molecule has 438 valence electrons. The number of rotatable bonds is 24. The number of ether oxygens (including phenoxy) is 1. The highest BCUT2D eigenvalue weighted by Gasteiger charge is 2.54. The lowest BCUT2D eigenvalue weighted by Crippen LogP contribution is -2.59. The van der Waals surface area contributed by atoms with Gasteiger partial charge in [0, 0.05) is 88.7 Å². The molecule has 3 atom stereocenters. The Balaban J connectivity index is 0.682. The minimum absolute atomic E-state index is 0.0102. The Morgan fingerprint density at radius 3 is 2.22 bits per heavy atom. The minimum atomic E-state index is -1.98. The second-order valence-electron chi connectivity index (χ2n) is 24.0. The molecule has 4 heterocycles. The molecule has 0 bridgehead atoms. The summed E-state index contributed by atoms with van der Waals surface area (Å²) in [4.78, 5) is 90.3. The van der Waals surface area contributed by atoms with Crippen LogP contribution >= 0.6 is 11.3 Å². The summed E-state index contributed by atoms with van der Waals surface area (Å²) >= 11 is 1.53. The van der Waals surface area contributed by atoms with Gasteiger partial charge in [-0.2, -0.15) is 0 Å². The first kappa shape index (κ1) is 59.7. The summed E-state index contributed by atoms with van der Waals surface area (Å²) in [6.45, 7) is 10.4. The molecule has 3 fully saturated rings. The van der Waals surface area contributed by atoms with Crippen molar-refractivity contribution < 1.29 is 43.0 Å². The fourth-order valence-corrected chi connectivity index (χ4v) is 12.3. The van der Waals surface area contributed by atoms with Crippen molar-refractivity contribution in [2.75, 3.05) is 39.1 Å². The van der Waals surface area contributed by atoms with Crippen molar-refractivity contribution >= 4 is 52.5 Å². The van der Waals surface area contributed by atoms with E-state index >= 15 is 0 Å². The number of aliphatic hydroxyl groups is 1. The number of hydrogen-bond donors (Lipinski definition) is 5. The van der Waals surface area contributed by atoms with Crippen molar-refractivity contribution in [2.24, 2.45) is 5.41 Å². The minimum Gasteiger partial charge on any atom is -0.493 e. The summed E-state index contributed by atoms with van der Waals surface area (Å²) in [5.74, 6) is -1.37. The standard InChI is InChI=1S/C63H80FN9O8S/c1-41-54(82-40-67-41)45-21-22-46(37-66-57(77)50-35-48(74)39-73(50)59(79)55(61(2,3)4)69-60(80)62(64)29-30-62)51(34-45)81-33-12-10-8-7-9-11-14-53(75)68-47-23-17-42(18-24-47)36-65-56(76)49-25-26-52-63(27-13-28-63)71(31-32-72(49)52)38-43-15-19-44(20-16-43)58(78)70(5)6/h15-26,34,40,48,50,55,74H,7-14,27-33,35-39H2,1-6H3,(H,65,76)(H,66,77)(H,68,75)(H,69,80)/t48-,50+,55-/m1/s1. The van der Waals surface area contributed by atoms with Crippen molar-refractivity contribution in [3.8, 4) is 16.2 Å². The molecular formula is C63H80FN9O8S. The normalized spacial score (nSPS) is 18.2. The SMILES string of the molecule is Cc1ncsc1-c1ccc(CNC(=O)[C@@H]2C[C@@H](O)CN2C(=O)[C@@H](NC(=O)C2(F)CC2)C(C)(C)C)c(OCCCCCCCCC(=O)Nc2ccc(CNC(=O)c3ccc4n3CCN(Cc3ccc(C(=O)N(C)C)cc3)C43CCC3)cc2)c1. The molecule has 2 saturated carbocycles. The van der Waals surface area contributed by atoms with Crippen molar-refractivity contribution in [3.05, 3.63) is 124 Å². The first-order valence-electron chi connectivity index (χ1n) is 29.1. The summed E-state index contributed by atoms with van der Waals surface area (Å²) < 4.78 is 23.3. The van der Waals surface area contributed by atoms with Crippen molar-refractivity contribution in [3.63, 3.8) is 0 Å². The number of aryl methyl sites for hydroxylation is 1. The molecule has 2 aliphatic carbocycles. The molecular weight excluding hydrogens is 1060 g/mol. The number of β-amino-alcohol motifs (C(OH)–C–C–N with tert-alkyl or cyclic N) is 1. The van der Waals surface area contributed by atoms with Gasteiger partial charge in [0.2, 0.25) is 17.7 Å². The number of hydrogen-bond acceptors (Lipinski definition) is 11. The van der Waals surface area contributed by atoms with Gasteiger partial charge in [0.1, 0.15) is 23.5 Å². The third kappa shape index (κ3) is 13.9. The lowest BCUT2D eigenvalue weighted by molar-refractivity contribution is -0.145. The van der Waals surface area contributed by atoms with Gasteiger partial charge in [0.15, 0.2) is 5.67 Å². The monoisotopic (exact) mass is 1140 g/mol. The molecule has 2 aromatic heterocycles. The van der Waals surface area contributed by atoms with Gasteiger partial charge >= 0.3 is 0 Å². The molecule has 82 heavy (non-hydrogen) atoms. The number of likely N-dealkylation sites (tertiary alicyclic amines) is 1. The number of alkyl halides is 1. The van der Waals surface area contributed by atoms with Gasteiger partial charge in [-0.1, -0.05) is 82.9 Å². The van der Waals surface area contributed by atoms with Gasteiger partial charge in [-0.05, 0) is 116 Å². The molecule has 0 unspecified atom stereocenters. The number of aliphatic hydroxyl groups excluding tert-OH is 1. The fourth-order valence-electron chi connectivity index (χ4n) is 11.5. The largest absolute Gasteiger partial charge is 0.493 e. The number of unbranched alkanes of at least 4 members (excludes halogenated alkanes) is 5. The van der Waals surface area contributed by atoms with Crippen LogP contribution in [-0.2, 0) is 50.9 Å².